The molecule has 0 aliphatic carbocycles. The highest BCUT2D eigenvalue weighted by molar-refractivity contribution is 5.41. The number of rotatable bonds is 2. The lowest BCUT2D eigenvalue weighted by molar-refractivity contribution is 0.626. The number of hydrogen-bond donors (Lipinski definition) is 1. The van der Waals surface area contributed by atoms with Crippen LogP contribution in [0.4, 0.5) is 10.1 Å². The van der Waals surface area contributed by atoms with Crippen molar-refractivity contribution in [1.29, 1.82) is 0 Å². The van der Waals surface area contributed by atoms with E-state index in [2.05, 4.69) is 10.4 Å². The average Bonchev–Trinajstić information content (AvgIpc) is 2.31. The molecule has 1 heterocycles. The Kier molecular flexibility index (Phi) is 2.68. The van der Waals surface area contributed by atoms with Crippen molar-refractivity contribution in [3.05, 3.63) is 52.7 Å². The summed E-state index contributed by atoms with van der Waals surface area (Å²) in [5.74, 6) is -0.346. The van der Waals surface area contributed by atoms with Crippen LogP contribution in [0, 0.1) is 5.82 Å². The molecule has 82 valence electrons. The zero-order valence-electron chi connectivity index (χ0n) is 8.64. The molecule has 2 rings (SSSR count). The van der Waals surface area contributed by atoms with Crippen LogP contribution < -0.4 is 10.9 Å². The molecule has 0 bridgehead atoms. The third-order valence-corrected chi connectivity index (χ3v) is 2.19. The summed E-state index contributed by atoms with van der Waals surface area (Å²) in [6, 6.07) is 7.17. The molecule has 0 aliphatic rings. The molecule has 0 spiro atoms. The van der Waals surface area contributed by atoms with E-state index in [1.165, 1.54) is 35.1 Å². The summed E-state index contributed by atoms with van der Waals surface area (Å²) >= 11 is 0. The second-order valence-corrected chi connectivity index (χ2v) is 3.19. The summed E-state index contributed by atoms with van der Waals surface area (Å²) in [6.45, 7) is 0. The van der Waals surface area contributed by atoms with Crippen LogP contribution >= 0.6 is 0 Å². The van der Waals surface area contributed by atoms with Gasteiger partial charge >= 0.3 is 0 Å². The highest BCUT2D eigenvalue weighted by Gasteiger charge is 2.04. The minimum Gasteiger partial charge on any atom is -0.384 e. The molecule has 2 aromatic rings. The van der Waals surface area contributed by atoms with Gasteiger partial charge in [0, 0.05) is 7.05 Å². The second kappa shape index (κ2) is 4.14. The van der Waals surface area contributed by atoms with Crippen molar-refractivity contribution in [1.82, 2.24) is 9.78 Å². The molecular formula is C11H10FN3O. The van der Waals surface area contributed by atoms with E-state index < -0.39 is 0 Å². The fourth-order valence-electron chi connectivity index (χ4n) is 1.37. The number of hydrogen-bond acceptors (Lipinski definition) is 3. The SMILES string of the molecule is CNc1ccnn(-c2ccc(F)cc2)c1=O. The van der Waals surface area contributed by atoms with Gasteiger partial charge in [0.25, 0.3) is 5.56 Å². The van der Waals surface area contributed by atoms with Gasteiger partial charge in [-0.1, -0.05) is 0 Å². The highest BCUT2D eigenvalue weighted by Crippen LogP contribution is 2.06. The summed E-state index contributed by atoms with van der Waals surface area (Å²) in [7, 11) is 1.66. The van der Waals surface area contributed by atoms with Crippen LogP contribution in [0.5, 0.6) is 0 Å². The van der Waals surface area contributed by atoms with Crippen LogP contribution in [0.25, 0.3) is 5.69 Å². The number of nitrogens with zero attached hydrogens (tertiary/aromatic N) is 2. The van der Waals surface area contributed by atoms with Gasteiger partial charge in [0.15, 0.2) is 0 Å². The molecule has 0 radical (unpaired) electrons. The summed E-state index contributed by atoms with van der Waals surface area (Å²) < 4.78 is 13.9. The molecule has 1 N–H and O–H groups in total. The summed E-state index contributed by atoms with van der Waals surface area (Å²) in [5, 5.41) is 6.70. The minimum atomic E-state index is -0.346. The number of halogens is 1. The zero-order valence-corrected chi connectivity index (χ0v) is 8.64. The van der Waals surface area contributed by atoms with E-state index in [4.69, 9.17) is 0 Å². The number of nitrogens with one attached hydrogen (secondary N) is 1. The minimum absolute atomic E-state index is 0.267. The van der Waals surface area contributed by atoms with E-state index in [9.17, 15) is 9.18 Å². The quantitative estimate of drug-likeness (QED) is 0.830. The fraction of sp³-hybridized carbons (Fsp3) is 0.0909. The zero-order chi connectivity index (χ0) is 11.5. The molecule has 16 heavy (non-hydrogen) atoms. The molecule has 0 atom stereocenters. The predicted octanol–water partition coefficient (Wildman–Crippen LogP) is 1.41. The van der Waals surface area contributed by atoms with Crippen LogP contribution in [0.15, 0.2) is 41.3 Å². The van der Waals surface area contributed by atoms with Gasteiger partial charge in [-0.25, -0.2) is 4.39 Å². The summed E-state index contributed by atoms with van der Waals surface area (Å²) in [4.78, 5) is 11.8. The maximum absolute atomic E-state index is 12.7. The van der Waals surface area contributed by atoms with E-state index >= 15 is 0 Å². The molecule has 0 aliphatic heterocycles. The maximum Gasteiger partial charge on any atom is 0.294 e. The van der Waals surface area contributed by atoms with E-state index in [1.807, 2.05) is 0 Å². The van der Waals surface area contributed by atoms with Crippen molar-refractivity contribution in [2.75, 3.05) is 12.4 Å². The molecule has 0 saturated carbocycles. The Morgan fingerprint density at radius 3 is 2.56 bits per heavy atom. The van der Waals surface area contributed by atoms with Crippen molar-refractivity contribution in [3.8, 4) is 5.69 Å². The molecule has 0 unspecified atom stereocenters. The average molecular weight is 219 g/mol. The first-order valence-electron chi connectivity index (χ1n) is 4.74. The number of anilines is 1. The van der Waals surface area contributed by atoms with Crippen molar-refractivity contribution in [2.24, 2.45) is 0 Å². The Morgan fingerprint density at radius 1 is 1.25 bits per heavy atom. The van der Waals surface area contributed by atoms with E-state index in [-0.39, 0.29) is 11.4 Å². The van der Waals surface area contributed by atoms with Crippen LogP contribution in [0.1, 0.15) is 0 Å². The van der Waals surface area contributed by atoms with Gasteiger partial charge in [-0.2, -0.15) is 9.78 Å². The second-order valence-electron chi connectivity index (χ2n) is 3.19. The number of aromatic nitrogens is 2. The Balaban J connectivity index is 2.56. The molecular weight excluding hydrogens is 209 g/mol. The van der Waals surface area contributed by atoms with Gasteiger partial charge in [-0.3, -0.25) is 4.79 Å². The molecule has 0 amide bonds. The van der Waals surface area contributed by atoms with Crippen molar-refractivity contribution < 1.29 is 4.39 Å². The highest BCUT2D eigenvalue weighted by atomic mass is 19.1. The van der Waals surface area contributed by atoms with Gasteiger partial charge in [0.2, 0.25) is 0 Å². The van der Waals surface area contributed by atoms with Gasteiger partial charge in [0.1, 0.15) is 11.5 Å². The molecule has 0 saturated heterocycles. The first kappa shape index (κ1) is 10.4. The smallest absolute Gasteiger partial charge is 0.294 e. The topological polar surface area (TPSA) is 46.9 Å². The monoisotopic (exact) mass is 219 g/mol. The largest absolute Gasteiger partial charge is 0.384 e. The summed E-state index contributed by atoms with van der Waals surface area (Å²) in [6.07, 6.45) is 1.51. The first-order valence-corrected chi connectivity index (χ1v) is 4.74. The van der Waals surface area contributed by atoms with Crippen molar-refractivity contribution >= 4 is 5.69 Å². The van der Waals surface area contributed by atoms with E-state index in [1.54, 1.807) is 13.1 Å². The lowest BCUT2D eigenvalue weighted by Crippen LogP contribution is -2.23. The van der Waals surface area contributed by atoms with Gasteiger partial charge in [-0.15, -0.1) is 0 Å². The van der Waals surface area contributed by atoms with E-state index in [0.717, 1.165) is 0 Å². The van der Waals surface area contributed by atoms with Crippen molar-refractivity contribution in [2.45, 2.75) is 0 Å². The Hall–Kier alpha value is -2.17. The first-order chi connectivity index (χ1) is 7.72. The van der Waals surface area contributed by atoms with E-state index in [0.29, 0.717) is 11.4 Å². The third-order valence-electron chi connectivity index (χ3n) is 2.19. The molecule has 0 fully saturated rings. The fourth-order valence-corrected chi connectivity index (χ4v) is 1.37. The number of benzene rings is 1. The van der Waals surface area contributed by atoms with Crippen LogP contribution in [0.2, 0.25) is 0 Å². The van der Waals surface area contributed by atoms with Gasteiger partial charge in [-0.05, 0) is 30.3 Å². The molecule has 1 aromatic carbocycles. The van der Waals surface area contributed by atoms with Gasteiger partial charge in [0.05, 0.1) is 11.9 Å². The predicted molar refractivity (Wildman–Crippen MR) is 59.3 cm³/mol. The molecule has 1 aromatic heterocycles. The Labute approximate surface area is 91.3 Å². The van der Waals surface area contributed by atoms with Crippen LogP contribution in [-0.4, -0.2) is 16.8 Å². The summed E-state index contributed by atoms with van der Waals surface area (Å²) in [5.41, 5.74) is 0.708. The molecule has 4 nitrogen and oxygen atoms in total. The Bertz CT molecular complexity index is 548. The van der Waals surface area contributed by atoms with Crippen LogP contribution in [0.3, 0.4) is 0 Å². The van der Waals surface area contributed by atoms with Crippen LogP contribution in [-0.2, 0) is 0 Å². The lowest BCUT2D eigenvalue weighted by Gasteiger charge is -2.05. The maximum atomic E-state index is 12.7. The lowest BCUT2D eigenvalue weighted by atomic mass is 10.3. The standard InChI is InChI=1S/C11H10FN3O/c1-13-10-6-7-14-15(11(10)16)9-4-2-8(12)3-5-9/h2-7,13H,1H3. The Morgan fingerprint density at radius 2 is 1.94 bits per heavy atom. The molecule has 5 heteroatoms. The van der Waals surface area contributed by atoms with Gasteiger partial charge < -0.3 is 5.32 Å². The van der Waals surface area contributed by atoms with Crippen molar-refractivity contribution in [3.63, 3.8) is 0 Å². The normalized spacial score (nSPS) is 10.1. The third kappa shape index (κ3) is 1.79.